The molecule has 8 nitrogen and oxygen atoms in total. The highest BCUT2D eigenvalue weighted by atomic mass is 16.5. The van der Waals surface area contributed by atoms with Crippen molar-refractivity contribution in [1.82, 2.24) is 25.2 Å². The van der Waals surface area contributed by atoms with Crippen LogP contribution in [0, 0.1) is 0 Å². The highest BCUT2D eigenvalue weighted by Crippen LogP contribution is 2.07. The minimum Gasteiger partial charge on any atom is -0.481 e. The fourth-order valence-corrected chi connectivity index (χ4v) is 1.78. The average molecular weight is 277 g/mol. The Bertz CT molecular complexity index is 557. The summed E-state index contributed by atoms with van der Waals surface area (Å²) < 4.78 is 6.70. The molecule has 2 aromatic heterocycles. The van der Waals surface area contributed by atoms with E-state index >= 15 is 0 Å². The van der Waals surface area contributed by atoms with Gasteiger partial charge in [0.25, 0.3) is 0 Å². The smallest absolute Gasteiger partial charge is 0.306 e. The van der Waals surface area contributed by atoms with Crippen LogP contribution in [-0.4, -0.2) is 49.5 Å². The lowest BCUT2D eigenvalue weighted by molar-refractivity contribution is -0.140. The maximum atomic E-state index is 10.7. The topological polar surface area (TPSA) is 103 Å². The first-order valence-corrected chi connectivity index (χ1v) is 6.07. The van der Waals surface area contributed by atoms with Crippen molar-refractivity contribution < 1.29 is 14.6 Å². The van der Waals surface area contributed by atoms with E-state index in [0.717, 1.165) is 5.56 Å². The van der Waals surface area contributed by atoms with Crippen LogP contribution in [0.25, 0.3) is 0 Å². The number of aliphatic carboxylic acids is 1. The number of carboxylic acids is 1. The summed E-state index contributed by atoms with van der Waals surface area (Å²) in [5.74, 6) is -0.260. The predicted octanol–water partition coefficient (Wildman–Crippen LogP) is 0.149. The van der Waals surface area contributed by atoms with E-state index in [1.54, 1.807) is 17.1 Å². The van der Waals surface area contributed by atoms with Crippen molar-refractivity contribution in [2.75, 3.05) is 7.11 Å². The fraction of sp³-hybridized carbons (Fsp3) is 0.417. The number of rotatable bonds is 7. The van der Waals surface area contributed by atoms with Crippen molar-refractivity contribution in [3.8, 4) is 0 Å². The summed E-state index contributed by atoms with van der Waals surface area (Å²) in [5, 5.41) is 20.3. The summed E-state index contributed by atoms with van der Waals surface area (Å²) in [5.41, 5.74) is 1.03. The molecule has 0 bridgehead atoms. The second kappa shape index (κ2) is 6.71. The Kier molecular flexibility index (Phi) is 4.72. The molecule has 0 radical (unpaired) electrons. The third-order valence-corrected chi connectivity index (χ3v) is 2.83. The van der Waals surface area contributed by atoms with Crippen LogP contribution < -0.4 is 0 Å². The van der Waals surface area contributed by atoms with Gasteiger partial charge < -0.3 is 9.84 Å². The lowest BCUT2D eigenvalue weighted by atomic mass is 10.2. The van der Waals surface area contributed by atoms with Gasteiger partial charge in [-0.05, 0) is 28.1 Å². The maximum Gasteiger partial charge on any atom is 0.306 e. The van der Waals surface area contributed by atoms with Crippen molar-refractivity contribution >= 4 is 5.97 Å². The minimum atomic E-state index is -0.916. The Labute approximate surface area is 115 Å². The normalized spacial score (nSPS) is 12.2. The van der Waals surface area contributed by atoms with Gasteiger partial charge in [-0.25, -0.2) is 4.68 Å². The van der Waals surface area contributed by atoms with Gasteiger partial charge in [0.15, 0.2) is 5.82 Å². The number of pyridine rings is 1. The molecule has 0 aliphatic rings. The van der Waals surface area contributed by atoms with Crippen LogP contribution in [0.3, 0.4) is 0 Å². The van der Waals surface area contributed by atoms with Gasteiger partial charge >= 0.3 is 5.97 Å². The van der Waals surface area contributed by atoms with Gasteiger partial charge in [-0.1, -0.05) is 0 Å². The zero-order valence-corrected chi connectivity index (χ0v) is 11.0. The van der Waals surface area contributed by atoms with Crippen molar-refractivity contribution in [3.63, 3.8) is 0 Å². The summed E-state index contributed by atoms with van der Waals surface area (Å²) in [6, 6.07) is 3.76. The number of hydrogen-bond donors (Lipinski definition) is 1. The first-order chi connectivity index (χ1) is 9.69. The molecule has 1 unspecified atom stereocenters. The number of methoxy groups -OCH3 is 1. The molecule has 0 saturated carbocycles. The Morgan fingerprint density at radius 3 is 2.85 bits per heavy atom. The zero-order valence-electron chi connectivity index (χ0n) is 11.0. The van der Waals surface area contributed by atoms with Crippen LogP contribution in [0.5, 0.6) is 0 Å². The SMILES string of the molecule is COC(CC(=O)O)Cn1nnnc1Cc1ccncc1. The van der Waals surface area contributed by atoms with Crippen LogP contribution in [0.15, 0.2) is 24.5 Å². The average Bonchev–Trinajstić information content (AvgIpc) is 2.86. The van der Waals surface area contributed by atoms with E-state index in [-0.39, 0.29) is 6.42 Å². The first kappa shape index (κ1) is 14.1. The Morgan fingerprint density at radius 2 is 2.20 bits per heavy atom. The largest absolute Gasteiger partial charge is 0.481 e. The van der Waals surface area contributed by atoms with Crippen molar-refractivity contribution in [3.05, 3.63) is 35.9 Å². The molecular formula is C12H15N5O3. The maximum absolute atomic E-state index is 10.7. The molecule has 2 aromatic rings. The highest BCUT2D eigenvalue weighted by Gasteiger charge is 2.16. The van der Waals surface area contributed by atoms with Crippen LogP contribution in [-0.2, 0) is 22.5 Å². The molecule has 1 atom stereocenters. The molecular weight excluding hydrogens is 262 g/mol. The van der Waals surface area contributed by atoms with Gasteiger partial charge in [0.2, 0.25) is 0 Å². The number of ether oxygens (including phenoxy) is 1. The molecule has 0 saturated heterocycles. The van der Waals surface area contributed by atoms with E-state index in [1.165, 1.54) is 7.11 Å². The van der Waals surface area contributed by atoms with Crippen molar-refractivity contribution in [2.45, 2.75) is 25.5 Å². The number of carboxylic acid groups (broad SMARTS) is 1. The van der Waals surface area contributed by atoms with Crippen LogP contribution in [0.2, 0.25) is 0 Å². The predicted molar refractivity (Wildman–Crippen MR) is 67.9 cm³/mol. The second-order valence-electron chi connectivity index (χ2n) is 4.27. The Balaban J connectivity index is 2.06. The number of tetrazole rings is 1. The minimum absolute atomic E-state index is 0.0922. The molecule has 106 valence electrons. The molecule has 0 spiro atoms. The molecule has 0 aliphatic heterocycles. The third-order valence-electron chi connectivity index (χ3n) is 2.83. The van der Waals surface area contributed by atoms with Crippen LogP contribution in [0.1, 0.15) is 17.8 Å². The van der Waals surface area contributed by atoms with Gasteiger partial charge in [-0.3, -0.25) is 9.78 Å². The standard InChI is InChI=1S/C12H15N5O3/c1-20-10(7-12(18)19)8-17-11(14-15-16-17)6-9-2-4-13-5-3-9/h2-5,10H,6-8H2,1H3,(H,18,19). The van der Waals surface area contributed by atoms with Crippen LogP contribution in [0.4, 0.5) is 0 Å². The summed E-state index contributed by atoms with van der Waals surface area (Å²) in [6.45, 7) is 0.302. The lowest BCUT2D eigenvalue weighted by Crippen LogP contribution is -2.24. The lowest BCUT2D eigenvalue weighted by Gasteiger charge is -2.13. The number of nitrogens with zero attached hydrogens (tertiary/aromatic N) is 5. The quantitative estimate of drug-likeness (QED) is 0.768. The second-order valence-corrected chi connectivity index (χ2v) is 4.27. The van der Waals surface area contributed by atoms with E-state index in [9.17, 15) is 4.79 Å². The molecule has 1 N–H and O–H groups in total. The number of carbonyl (C=O) groups is 1. The van der Waals surface area contributed by atoms with Gasteiger partial charge in [0.1, 0.15) is 0 Å². The molecule has 0 fully saturated rings. The summed E-state index contributed by atoms with van der Waals surface area (Å²) in [6.07, 6.45) is 3.40. The van der Waals surface area contributed by atoms with Crippen molar-refractivity contribution in [2.24, 2.45) is 0 Å². The Morgan fingerprint density at radius 1 is 1.45 bits per heavy atom. The van der Waals surface area contributed by atoms with E-state index in [0.29, 0.717) is 18.8 Å². The van der Waals surface area contributed by atoms with E-state index in [2.05, 4.69) is 20.5 Å². The summed E-state index contributed by atoms with van der Waals surface area (Å²) >= 11 is 0. The molecule has 0 amide bonds. The Hall–Kier alpha value is -2.35. The van der Waals surface area contributed by atoms with E-state index in [1.807, 2.05) is 12.1 Å². The van der Waals surface area contributed by atoms with Gasteiger partial charge in [0.05, 0.1) is 19.1 Å². The van der Waals surface area contributed by atoms with Crippen molar-refractivity contribution in [1.29, 1.82) is 0 Å². The molecule has 2 rings (SSSR count). The number of hydrogen-bond acceptors (Lipinski definition) is 6. The third kappa shape index (κ3) is 3.82. The van der Waals surface area contributed by atoms with Crippen LogP contribution >= 0.6 is 0 Å². The highest BCUT2D eigenvalue weighted by molar-refractivity contribution is 5.67. The molecule has 0 aromatic carbocycles. The monoisotopic (exact) mass is 277 g/mol. The van der Waals surface area contributed by atoms with Gasteiger partial charge in [-0.15, -0.1) is 5.10 Å². The molecule has 2 heterocycles. The number of aromatic nitrogens is 5. The zero-order chi connectivity index (χ0) is 14.4. The summed E-state index contributed by atoms with van der Waals surface area (Å²) in [7, 11) is 1.47. The van der Waals surface area contributed by atoms with Gasteiger partial charge in [0, 0.05) is 25.9 Å². The first-order valence-electron chi connectivity index (χ1n) is 6.07. The molecule has 20 heavy (non-hydrogen) atoms. The molecule has 0 aliphatic carbocycles. The molecule has 8 heteroatoms. The van der Waals surface area contributed by atoms with Gasteiger partial charge in [-0.2, -0.15) is 0 Å². The van der Waals surface area contributed by atoms with E-state index < -0.39 is 12.1 Å². The fourth-order valence-electron chi connectivity index (χ4n) is 1.78. The van der Waals surface area contributed by atoms with E-state index in [4.69, 9.17) is 9.84 Å². The summed E-state index contributed by atoms with van der Waals surface area (Å²) in [4.78, 5) is 14.7.